The maximum absolute atomic E-state index is 12.7. The Kier molecular flexibility index (Phi) is 4.27. The van der Waals surface area contributed by atoms with Crippen molar-refractivity contribution in [2.45, 2.75) is 31.2 Å². The van der Waals surface area contributed by atoms with Crippen LogP contribution in [0.4, 0.5) is 0 Å². The Hall–Kier alpha value is -2.05. The highest BCUT2D eigenvalue weighted by Crippen LogP contribution is 2.34. The van der Waals surface area contributed by atoms with E-state index >= 15 is 0 Å². The standard InChI is InChI=1S/C18H21NO4S/c1-13-5-4-6-15(11-13)24(20,21)19-18(2,3)14-7-8-16-17(12-14)23-10-9-22-16/h4-8,11-12,19H,9-10H2,1-3H3. The van der Waals surface area contributed by atoms with Gasteiger partial charge in [0.25, 0.3) is 0 Å². The summed E-state index contributed by atoms with van der Waals surface area (Å²) in [6, 6.07) is 12.3. The summed E-state index contributed by atoms with van der Waals surface area (Å²) in [7, 11) is -3.63. The van der Waals surface area contributed by atoms with Gasteiger partial charge in [0.2, 0.25) is 10.0 Å². The van der Waals surface area contributed by atoms with Crippen molar-refractivity contribution in [2.24, 2.45) is 0 Å². The monoisotopic (exact) mass is 347 g/mol. The summed E-state index contributed by atoms with van der Waals surface area (Å²) in [5.41, 5.74) is 0.913. The average Bonchev–Trinajstić information content (AvgIpc) is 2.53. The molecule has 6 heteroatoms. The number of hydrogen-bond donors (Lipinski definition) is 1. The van der Waals surface area contributed by atoms with Gasteiger partial charge < -0.3 is 9.47 Å². The molecule has 1 aliphatic heterocycles. The van der Waals surface area contributed by atoms with Crippen molar-refractivity contribution in [1.82, 2.24) is 4.72 Å². The second kappa shape index (κ2) is 6.11. The normalized spacial score (nSPS) is 14.5. The summed E-state index contributed by atoms with van der Waals surface area (Å²) in [5, 5.41) is 0. The second-order valence-electron chi connectivity index (χ2n) is 6.41. The van der Waals surface area contributed by atoms with Crippen molar-refractivity contribution in [1.29, 1.82) is 0 Å². The van der Waals surface area contributed by atoms with Gasteiger partial charge in [-0.15, -0.1) is 0 Å². The topological polar surface area (TPSA) is 64.6 Å². The molecule has 0 aliphatic carbocycles. The third kappa shape index (κ3) is 3.39. The first-order valence-electron chi connectivity index (χ1n) is 7.79. The number of benzene rings is 2. The van der Waals surface area contributed by atoms with Crippen molar-refractivity contribution in [2.75, 3.05) is 13.2 Å². The predicted octanol–water partition coefficient (Wildman–Crippen LogP) is 2.98. The van der Waals surface area contributed by atoms with Crippen LogP contribution in [0.2, 0.25) is 0 Å². The van der Waals surface area contributed by atoms with Crippen molar-refractivity contribution < 1.29 is 17.9 Å². The van der Waals surface area contributed by atoms with Crippen LogP contribution in [-0.4, -0.2) is 21.6 Å². The minimum Gasteiger partial charge on any atom is -0.486 e. The molecule has 128 valence electrons. The van der Waals surface area contributed by atoms with E-state index in [0.717, 1.165) is 11.1 Å². The maximum Gasteiger partial charge on any atom is 0.241 e. The third-order valence-corrected chi connectivity index (χ3v) is 5.61. The molecule has 3 rings (SSSR count). The summed E-state index contributed by atoms with van der Waals surface area (Å²) in [6.45, 7) is 6.53. The Morgan fingerprint density at radius 1 is 1.00 bits per heavy atom. The molecule has 0 aromatic heterocycles. The van der Waals surface area contributed by atoms with Gasteiger partial charge in [-0.3, -0.25) is 0 Å². The Morgan fingerprint density at radius 2 is 1.71 bits per heavy atom. The van der Waals surface area contributed by atoms with E-state index < -0.39 is 15.6 Å². The number of rotatable bonds is 4. The van der Waals surface area contributed by atoms with E-state index in [2.05, 4.69) is 4.72 Å². The molecule has 0 saturated carbocycles. The molecule has 0 radical (unpaired) electrons. The summed E-state index contributed by atoms with van der Waals surface area (Å²) in [4.78, 5) is 0.258. The summed E-state index contributed by atoms with van der Waals surface area (Å²) < 4.78 is 39.3. The van der Waals surface area contributed by atoms with E-state index in [0.29, 0.717) is 24.7 Å². The molecule has 0 saturated heterocycles. The molecule has 0 bridgehead atoms. The minimum atomic E-state index is -3.63. The molecule has 1 aliphatic rings. The summed E-state index contributed by atoms with van der Waals surface area (Å²) in [5.74, 6) is 1.32. The van der Waals surface area contributed by atoms with E-state index in [-0.39, 0.29) is 4.90 Å². The number of aryl methyl sites for hydroxylation is 1. The van der Waals surface area contributed by atoms with Crippen LogP contribution in [0.25, 0.3) is 0 Å². The predicted molar refractivity (Wildman–Crippen MR) is 92.0 cm³/mol. The molecular weight excluding hydrogens is 326 g/mol. The Bertz CT molecular complexity index is 859. The van der Waals surface area contributed by atoms with Gasteiger partial charge in [0, 0.05) is 0 Å². The minimum absolute atomic E-state index is 0.258. The number of nitrogens with one attached hydrogen (secondary N) is 1. The van der Waals surface area contributed by atoms with Crippen molar-refractivity contribution in [3.63, 3.8) is 0 Å². The van der Waals surface area contributed by atoms with Gasteiger partial charge in [-0.25, -0.2) is 13.1 Å². The van der Waals surface area contributed by atoms with E-state index in [9.17, 15) is 8.42 Å². The van der Waals surface area contributed by atoms with Crippen LogP contribution in [0.1, 0.15) is 25.0 Å². The highest BCUT2D eigenvalue weighted by Gasteiger charge is 2.29. The first kappa shape index (κ1) is 16.8. The van der Waals surface area contributed by atoms with Crippen LogP contribution in [0.3, 0.4) is 0 Å². The summed E-state index contributed by atoms with van der Waals surface area (Å²) >= 11 is 0. The quantitative estimate of drug-likeness (QED) is 0.923. The van der Waals surface area contributed by atoms with Gasteiger partial charge in [0.15, 0.2) is 11.5 Å². The molecule has 0 fully saturated rings. The molecule has 2 aromatic rings. The van der Waals surface area contributed by atoms with Gasteiger partial charge in [0.1, 0.15) is 13.2 Å². The van der Waals surface area contributed by atoms with Crippen LogP contribution in [-0.2, 0) is 15.6 Å². The number of ether oxygens (including phenoxy) is 2. The van der Waals surface area contributed by atoms with Crippen LogP contribution < -0.4 is 14.2 Å². The van der Waals surface area contributed by atoms with Crippen LogP contribution in [0.15, 0.2) is 47.4 Å². The van der Waals surface area contributed by atoms with Crippen molar-refractivity contribution in [3.05, 3.63) is 53.6 Å². The fraction of sp³-hybridized carbons (Fsp3) is 0.333. The van der Waals surface area contributed by atoms with Crippen molar-refractivity contribution >= 4 is 10.0 Å². The molecule has 0 atom stereocenters. The third-order valence-electron chi connectivity index (χ3n) is 3.95. The average molecular weight is 347 g/mol. The Labute approximate surface area is 142 Å². The lowest BCUT2D eigenvalue weighted by molar-refractivity contribution is 0.171. The maximum atomic E-state index is 12.7. The summed E-state index contributed by atoms with van der Waals surface area (Å²) in [6.07, 6.45) is 0. The smallest absolute Gasteiger partial charge is 0.241 e. The lowest BCUT2D eigenvalue weighted by atomic mass is 9.95. The van der Waals surface area contributed by atoms with Gasteiger partial charge >= 0.3 is 0 Å². The fourth-order valence-electron chi connectivity index (χ4n) is 2.67. The van der Waals surface area contributed by atoms with Gasteiger partial charge in [-0.1, -0.05) is 18.2 Å². The molecule has 1 N–H and O–H groups in total. The molecular formula is C18H21NO4S. The number of fused-ring (bicyclic) bond motifs is 1. The first-order chi connectivity index (χ1) is 11.3. The number of hydrogen-bond acceptors (Lipinski definition) is 4. The first-order valence-corrected chi connectivity index (χ1v) is 9.27. The Balaban J connectivity index is 1.90. The van der Waals surface area contributed by atoms with E-state index in [1.54, 1.807) is 18.2 Å². The van der Waals surface area contributed by atoms with Gasteiger partial charge in [-0.05, 0) is 56.2 Å². The zero-order valence-electron chi connectivity index (χ0n) is 14.0. The highest BCUT2D eigenvalue weighted by molar-refractivity contribution is 7.89. The lowest BCUT2D eigenvalue weighted by Crippen LogP contribution is -2.41. The Morgan fingerprint density at radius 3 is 2.42 bits per heavy atom. The number of sulfonamides is 1. The largest absolute Gasteiger partial charge is 0.486 e. The van der Waals surface area contributed by atoms with Crippen LogP contribution in [0.5, 0.6) is 11.5 Å². The lowest BCUT2D eigenvalue weighted by Gasteiger charge is -2.28. The van der Waals surface area contributed by atoms with Crippen LogP contribution >= 0.6 is 0 Å². The zero-order chi connectivity index (χ0) is 17.4. The van der Waals surface area contributed by atoms with Crippen molar-refractivity contribution in [3.8, 4) is 11.5 Å². The SMILES string of the molecule is Cc1cccc(S(=O)(=O)NC(C)(C)c2ccc3c(c2)OCCO3)c1. The zero-order valence-corrected chi connectivity index (χ0v) is 14.8. The molecule has 0 spiro atoms. The van der Waals surface area contributed by atoms with Gasteiger partial charge in [0.05, 0.1) is 10.4 Å². The molecule has 0 unspecified atom stereocenters. The molecule has 5 nitrogen and oxygen atoms in total. The van der Waals surface area contributed by atoms with E-state index in [1.807, 2.05) is 45.0 Å². The highest BCUT2D eigenvalue weighted by atomic mass is 32.2. The second-order valence-corrected chi connectivity index (χ2v) is 8.09. The molecule has 0 amide bonds. The molecule has 24 heavy (non-hydrogen) atoms. The van der Waals surface area contributed by atoms with E-state index in [4.69, 9.17) is 9.47 Å². The fourth-order valence-corrected chi connectivity index (χ4v) is 4.17. The molecule has 2 aromatic carbocycles. The molecule has 1 heterocycles. The van der Waals surface area contributed by atoms with Crippen LogP contribution in [0, 0.1) is 6.92 Å². The van der Waals surface area contributed by atoms with E-state index in [1.165, 1.54) is 0 Å². The van der Waals surface area contributed by atoms with Gasteiger partial charge in [-0.2, -0.15) is 0 Å².